The lowest BCUT2D eigenvalue weighted by Crippen LogP contribution is -2.32. The summed E-state index contributed by atoms with van der Waals surface area (Å²) in [5.41, 5.74) is 1.03. The van der Waals surface area contributed by atoms with Crippen molar-refractivity contribution in [2.75, 3.05) is 30.8 Å². The zero-order valence-electron chi connectivity index (χ0n) is 13.8. The van der Waals surface area contributed by atoms with Crippen LogP contribution in [-0.4, -0.2) is 36.9 Å². The Morgan fingerprint density at radius 1 is 1.04 bits per heavy atom. The first kappa shape index (κ1) is 18.9. The molecule has 0 aliphatic carbocycles. The van der Waals surface area contributed by atoms with Crippen LogP contribution in [0.5, 0.6) is 0 Å². The number of benzene rings is 2. The van der Waals surface area contributed by atoms with Gasteiger partial charge in [-0.15, -0.1) is 0 Å². The summed E-state index contributed by atoms with van der Waals surface area (Å²) in [6.45, 7) is 0.532. The highest BCUT2D eigenvalue weighted by atomic mass is 35.5. The van der Waals surface area contributed by atoms with Crippen molar-refractivity contribution in [2.45, 2.75) is 6.42 Å². The van der Waals surface area contributed by atoms with Crippen molar-refractivity contribution >= 4 is 34.8 Å². The van der Waals surface area contributed by atoms with Gasteiger partial charge >= 0.3 is 0 Å². The second-order valence-corrected chi connectivity index (χ2v) is 6.04. The van der Waals surface area contributed by atoms with E-state index in [0.29, 0.717) is 22.9 Å². The molecular formula is C18H19ClFN3O2. The van der Waals surface area contributed by atoms with Crippen molar-refractivity contribution in [3.05, 3.63) is 59.4 Å². The average Bonchev–Trinajstić information content (AvgIpc) is 2.53. The Bertz CT molecular complexity index is 755. The number of carbonyl (C=O) groups excluding carboxylic acids is 2. The third-order valence-electron chi connectivity index (χ3n) is 3.35. The van der Waals surface area contributed by atoms with E-state index >= 15 is 0 Å². The van der Waals surface area contributed by atoms with Crippen LogP contribution in [0.2, 0.25) is 5.02 Å². The Hall–Kier alpha value is -2.44. The normalized spacial score (nSPS) is 10.6. The highest BCUT2D eigenvalue weighted by molar-refractivity contribution is 6.30. The highest BCUT2D eigenvalue weighted by Crippen LogP contribution is 2.14. The molecule has 25 heavy (non-hydrogen) atoms. The number of nitrogens with one attached hydrogen (secondary N) is 2. The summed E-state index contributed by atoms with van der Waals surface area (Å²) in [6.07, 6.45) is 0.192. The lowest BCUT2D eigenvalue weighted by atomic mass is 10.3. The fourth-order valence-corrected chi connectivity index (χ4v) is 2.36. The van der Waals surface area contributed by atoms with E-state index in [1.54, 1.807) is 42.3 Å². The number of amides is 2. The molecule has 132 valence electrons. The van der Waals surface area contributed by atoms with Crippen LogP contribution in [0.15, 0.2) is 48.5 Å². The van der Waals surface area contributed by atoms with Gasteiger partial charge in [0.1, 0.15) is 5.82 Å². The first-order chi connectivity index (χ1) is 11.9. The zero-order valence-corrected chi connectivity index (χ0v) is 14.5. The van der Waals surface area contributed by atoms with Gasteiger partial charge in [0.25, 0.3) is 0 Å². The Kier molecular flexibility index (Phi) is 6.91. The molecule has 2 aromatic carbocycles. The summed E-state index contributed by atoms with van der Waals surface area (Å²) in [4.78, 5) is 25.6. The molecule has 0 radical (unpaired) electrons. The Labute approximate surface area is 150 Å². The average molecular weight is 364 g/mol. The molecule has 0 unspecified atom stereocenters. The minimum absolute atomic E-state index is 0.139. The molecule has 0 aromatic heterocycles. The Morgan fingerprint density at radius 2 is 1.68 bits per heavy atom. The number of hydrogen-bond donors (Lipinski definition) is 2. The van der Waals surface area contributed by atoms with E-state index in [9.17, 15) is 14.0 Å². The van der Waals surface area contributed by atoms with E-state index in [1.165, 1.54) is 18.2 Å². The van der Waals surface area contributed by atoms with Crippen LogP contribution in [0.1, 0.15) is 6.42 Å². The van der Waals surface area contributed by atoms with Crippen LogP contribution >= 0.6 is 11.6 Å². The lowest BCUT2D eigenvalue weighted by Gasteiger charge is -2.16. The van der Waals surface area contributed by atoms with Crippen molar-refractivity contribution in [3.8, 4) is 0 Å². The molecule has 2 N–H and O–H groups in total. The third-order valence-corrected chi connectivity index (χ3v) is 3.59. The largest absolute Gasteiger partial charge is 0.326 e. The minimum Gasteiger partial charge on any atom is -0.326 e. The maximum atomic E-state index is 13.1. The van der Waals surface area contributed by atoms with Crippen LogP contribution in [0.3, 0.4) is 0 Å². The maximum absolute atomic E-state index is 13.1. The van der Waals surface area contributed by atoms with Crippen molar-refractivity contribution in [2.24, 2.45) is 0 Å². The summed E-state index contributed by atoms with van der Waals surface area (Å²) in [6, 6.07) is 12.6. The van der Waals surface area contributed by atoms with Gasteiger partial charge in [-0.1, -0.05) is 23.7 Å². The molecule has 0 fully saturated rings. The number of hydrogen-bond acceptors (Lipinski definition) is 3. The fraction of sp³-hybridized carbons (Fsp3) is 0.222. The summed E-state index contributed by atoms with van der Waals surface area (Å²) in [5.74, 6) is -0.851. The van der Waals surface area contributed by atoms with E-state index in [-0.39, 0.29) is 24.8 Å². The van der Waals surface area contributed by atoms with E-state index in [1.807, 2.05) is 0 Å². The van der Waals surface area contributed by atoms with E-state index in [2.05, 4.69) is 10.6 Å². The van der Waals surface area contributed by atoms with Crippen LogP contribution < -0.4 is 10.6 Å². The molecule has 0 spiro atoms. The van der Waals surface area contributed by atoms with E-state index in [0.717, 1.165) is 0 Å². The maximum Gasteiger partial charge on any atom is 0.238 e. The minimum atomic E-state index is -0.410. The van der Waals surface area contributed by atoms with Crippen LogP contribution in [0, 0.1) is 5.82 Å². The number of anilines is 2. The number of carbonyl (C=O) groups is 2. The number of likely N-dealkylation sites (N-methyl/N-ethyl adjacent to an activating group) is 1. The predicted molar refractivity (Wildman–Crippen MR) is 97.2 cm³/mol. The smallest absolute Gasteiger partial charge is 0.238 e. The molecule has 0 heterocycles. The van der Waals surface area contributed by atoms with Crippen molar-refractivity contribution in [1.82, 2.24) is 4.90 Å². The summed E-state index contributed by atoms with van der Waals surface area (Å²) in [5, 5.41) is 5.90. The van der Waals surface area contributed by atoms with Gasteiger partial charge in [-0.05, 0) is 43.4 Å². The first-order valence-electron chi connectivity index (χ1n) is 7.72. The molecule has 2 rings (SSSR count). The molecule has 0 saturated carbocycles. The molecular weight excluding hydrogens is 345 g/mol. The lowest BCUT2D eigenvalue weighted by molar-refractivity contribution is -0.119. The van der Waals surface area contributed by atoms with E-state index < -0.39 is 5.82 Å². The molecule has 0 saturated heterocycles. The molecule has 0 atom stereocenters. The van der Waals surface area contributed by atoms with Crippen LogP contribution in [0.25, 0.3) is 0 Å². The van der Waals surface area contributed by atoms with Crippen molar-refractivity contribution in [1.29, 1.82) is 0 Å². The third kappa shape index (κ3) is 6.91. The number of halogens is 2. The SMILES string of the molecule is CN(CCC(=O)Nc1cccc(F)c1)CC(=O)Nc1cccc(Cl)c1. The van der Waals surface area contributed by atoms with Gasteiger partial charge in [0.2, 0.25) is 11.8 Å². The van der Waals surface area contributed by atoms with Crippen molar-refractivity contribution < 1.29 is 14.0 Å². The molecule has 0 aliphatic heterocycles. The van der Waals surface area contributed by atoms with Gasteiger partial charge in [-0.25, -0.2) is 4.39 Å². The Morgan fingerprint density at radius 3 is 2.36 bits per heavy atom. The van der Waals surface area contributed by atoms with E-state index in [4.69, 9.17) is 11.6 Å². The van der Waals surface area contributed by atoms with Gasteiger partial charge in [0, 0.05) is 29.4 Å². The highest BCUT2D eigenvalue weighted by Gasteiger charge is 2.10. The van der Waals surface area contributed by atoms with Crippen molar-refractivity contribution in [3.63, 3.8) is 0 Å². The molecule has 7 heteroatoms. The zero-order chi connectivity index (χ0) is 18.2. The number of nitrogens with zero attached hydrogens (tertiary/aromatic N) is 1. The fourth-order valence-electron chi connectivity index (χ4n) is 2.17. The first-order valence-corrected chi connectivity index (χ1v) is 8.09. The summed E-state index contributed by atoms with van der Waals surface area (Å²) < 4.78 is 13.1. The summed E-state index contributed by atoms with van der Waals surface area (Å²) in [7, 11) is 1.74. The predicted octanol–water partition coefficient (Wildman–Crippen LogP) is 3.38. The standard InChI is InChI=1S/C18H19ClFN3O2/c1-23(12-18(25)22-15-6-2-4-13(19)10-15)9-8-17(24)21-16-7-3-5-14(20)11-16/h2-7,10-11H,8-9,12H2,1H3,(H,21,24)(H,22,25). The van der Waals surface area contributed by atoms with Gasteiger partial charge in [-0.2, -0.15) is 0 Å². The summed E-state index contributed by atoms with van der Waals surface area (Å²) >= 11 is 5.87. The van der Waals surface area contributed by atoms with Gasteiger partial charge in [-0.3, -0.25) is 14.5 Å². The quantitative estimate of drug-likeness (QED) is 0.792. The van der Waals surface area contributed by atoms with Gasteiger partial charge in [0.15, 0.2) is 0 Å². The van der Waals surface area contributed by atoms with Crippen LogP contribution in [-0.2, 0) is 9.59 Å². The second-order valence-electron chi connectivity index (χ2n) is 5.60. The number of rotatable bonds is 7. The van der Waals surface area contributed by atoms with Gasteiger partial charge in [0.05, 0.1) is 6.54 Å². The monoisotopic (exact) mass is 363 g/mol. The Balaban J connectivity index is 1.73. The topological polar surface area (TPSA) is 61.4 Å². The van der Waals surface area contributed by atoms with Crippen LogP contribution in [0.4, 0.5) is 15.8 Å². The molecule has 0 bridgehead atoms. The molecule has 2 aromatic rings. The van der Waals surface area contributed by atoms with Gasteiger partial charge < -0.3 is 10.6 Å². The second kappa shape index (κ2) is 9.15. The molecule has 2 amide bonds. The molecule has 0 aliphatic rings. The molecule has 5 nitrogen and oxygen atoms in total.